The van der Waals surface area contributed by atoms with E-state index in [1.807, 2.05) is 24.4 Å². The van der Waals surface area contributed by atoms with Crippen molar-refractivity contribution in [2.24, 2.45) is 0 Å². The molecule has 2 aromatic heterocycles. The Balaban J connectivity index is 1.62. The molecule has 0 aliphatic carbocycles. The van der Waals surface area contributed by atoms with Crippen molar-refractivity contribution in [3.63, 3.8) is 0 Å². The lowest BCUT2D eigenvalue weighted by Crippen LogP contribution is -2.33. The number of anilines is 1. The number of aromatic nitrogens is 3. The maximum atomic E-state index is 10.8. The highest BCUT2D eigenvalue weighted by Gasteiger charge is 2.25. The summed E-state index contributed by atoms with van der Waals surface area (Å²) in [7, 11) is 0. The Labute approximate surface area is 150 Å². The molecule has 7 heteroatoms. The number of nitro benzene ring substituents is 1. The molecular weight excluding hydrogens is 330 g/mol. The molecule has 7 nitrogen and oxygen atoms in total. The number of nitrogens with zero attached hydrogens (tertiary/aromatic N) is 5. The first-order valence-electron chi connectivity index (χ1n) is 8.38. The van der Waals surface area contributed by atoms with Gasteiger partial charge in [-0.3, -0.25) is 15.1 Å². The van der Waals surface area contributed by atoms with Crippen molar-refractivity contribution in [3.8, 4) is 11.5 Å². The molecule has 0 saturated heterocycles. The third-order valence-electron chi connectivity index (χ3n) is 4.54. The fourth-order valence-electron chi connectivity index (χ4n) is 3.26. The van der Waals surface area contributed by atoms with Crippen LogP contribution in [0.2, 0.25) is 0 Å². The molecule has 0 N–H and O–H groups in total. The quantitative estimate of drug-likeness (QED) is 0.532. The predicted octanol–water partition coefficient (Wildman–Crippen LogP) is 3.57. The van der Waals surface area contributed by atoms with Crippen molar-refractivity contribution in [2.75, 3.05) is 11.4 Å². The van der Waals surface area contributed by atoms with Crippen molar-refractivity contribution in [2.45, 2.75) is 19.4 Å². The highest BCUT2D eigenvalue weighted by molar-refractivity contribution is 5.54. The van der Waals surface area contributed by atoms with Gasteiger partial charge in [-0.1, -0.05) is 13.0 Å². The van der Waals surface area contributed by atoms with Gasteiger partial charge in [0.25, 0.3) is 5.69 Å². The number of rotatable bonds is 3. The van der Waals surface area contributed by atoms with Crippen molar-refractivity contribution in [3.05, 3.63) is 76.2 Å². The topological polar surface area (TPSA) is 85.0 Å². The van der Waals surface area contributed by atoms with Gasteiger partial charge < -0.3 is 4.90 Å². The van der Waals surface area contributed by atoms with E-state index in [0.717, 1.165) is 29.2 Å². The van der Waals surface area contributed by atoms with Crippen LogP contribution < -0.4 is 4.90 Å². The van der Waals surface area contributed by atoms with Crippen LogP contribution in [0.5, 0.6) is 0 Å². The van der Waals surface area contributed by atoms with Gasteiger partial charge in [-0.15, -0.1) is 0 Å². The summed E-state index contributed by atoms with van der Waals surface area (Å²) in [5.41, 5.74) is 3.94. The van der Waals surface area contributed by atoms with Crippen LogP contribution in [0.15, 0.2) is 54.9 Å². The highest BCUT2D eigenvalue weighted by atomic mass is 16.6. The zero-order valence-electron chi connectivity index (χ0n) is 14.2. The Hall–Kier alpha value is -3.35. The molecule has 1 aliphatic heterocycles. The second-order valence-corrected chi connectivity index (χ2v) is 6.37. The van der Waals surface area contributed by atoms with Crippen LogP contribution in [0.3, 0.4) is 0 Å². The van der Waals surface area contributed by atoms with Crippen LogP contribution in [0.1, 0.15) is 24.1 Å². The maximum absolute atomic E-state index is 10.8. The standard InChI is InChI=1S/C19H17N5O2/c1-13-11-23(15-5-7-16(8-6-15)24(25)26)12-14-10-21-19(22-18(13)14)17-4-2-3-9-20-17/h2-10,13H,11-12H2,1H3. The lowest BCUT2D eigenvalue weighted by atomic mass is 9.96. The van der Waals surface area contributed by atoms with E-state index in [1.54, 1.807) is 18.3 Å². The van der Waals surface area contributed by atoms with Gasteiger partial charge in [0.2, 0.25) is 0 Å². The number of nitro groups is 1. The van der Waals surface area contributed by atoms with E-state index in [1.165, 1.54) is 12.1 Å². The van der Waals surface area contributed by atoms with Gasteiger partial charge in [-0.2, -0.15) is 0 Å². The first kappa shape index (κ1) is 16.1. The fourth-order valence-corrected chi connectivity index (χ4v) is 3.26. The highest BCUT2D eigenvalue weighted by Crippen LogP contribution is 2.31. The summed E-state index contributed by atoms with van der Waals surface area (Å²) in [5, 5.41) is 10.8. The molecule has 26 heavy (non-hydrogen) atoms. The largest absolute Gasteiger partial charge is 0.366 e. The number of fused-ring (bicyclic) bond motifs is 1. The molecule has 4 rings (SSSR count). The van der Waals surface area contributed by atoms with Gasteiger partial charge in [0.1, 0.15) is 5.69 Å². The van der Waals surface area contributed by atoms with Gasteiger partial charge in [0.05, 0.1) is 10.6 Å². The Kier molecular flexibility index (Phi) is 4.04. The van der Waals surface area contributed by atoms with E-state index in [-0.39, 0.29) is 16.5 Å². The van der Waals surface area contributed by atoms with Crippen molar-refractivity contribution in [1.29, 1.82) is 0 Å². The third-order valence-corrected chi connectivity index (χ3v) is 4.54. The molecule has 3 heterocycles. The van der Waals surface area contributed by atoms with E-state index in [0.29, 0.717) is 12.4 Å². The summed E-state index contributed by atoms with van der Waals surface area (Å²) in [6, 6.07) is 12.3. The van der Waals surface area contributed by atoms with Gasteiger partial charge in [-0.05, 0) is 24.3 Å². The molecule has 0 spiro atoms. The number of pyridine rings is 1. The minimum atomic E-state index is -0.384. The Bertz CT molecular complexity index is 944. The van der Waals surface area contributed by atoms with Crippen LogP contribution >= 0.6 is 0 Å². The molecule has 130 valence electrons. The molecule has 0 fully saturated rings. The van der Waals surface area contributed by atoms with Gasteiger partial charge in [0.15, 0.2) is 5.82 Å². The first-order valence-corrected chi connectivity index (χ1v) is 8.38. The maximum Gasteiger partial charge on any atom is 0.269 e. The summed E-state index contributed by atoms with van der Waals surface area (Å²) in [4.78, 5) is 26.2. The lowest BCUT2D eigenvalue weighted by Gasteiger charge is -2.33. The molecule has 1 aliphatic rings. The lowest BCUT2D eigenvalue weighted by molar-refractivity contribution is -0.384. The van der Waals surface area contributed by atoms with Crippen LogP contribution in [0.25, 0.3) is 11.5 Å². The second kappa shape index (κ2) is 6.51. The monoisotopic (exact) mass is 347 g/mol. The van der Waals surface area contributed by atoms with Crippen molar-refractivity contribution >= 4 is 11.4 Å². The second-order valence-electron chi connectivity index (χ2n) is 6.37. The Morgan fingerprint density at radius 3 is 2.65 bits per heavy atom. The summed E-state index contributed by atoms with van der Waals surface area (Å²) in [6.07, 6.45) is 3.60. The van der Waals surface area contributed by atoms with E-state index in [2.05, 4.69) is 21.8 Å². The molecular formula is C19H17N5O2. The number of non-ortho nitro benzene ring substituents is 1. The molecule has 3 aromatic rings. The zero-order chi connectivity index (χ0) is 18.1. The summed E-state index contributed by atoms with van der Waals surface area (Å²) >= 11 is 0. The molecule has 1 unspecified atom stereocenters. The minimum Gasteiger partial charge on any atom is -0.366 e. The van der Waals surface area contributed by atoms with Crippen LogP contribution in [-0.4, -0.2) is 26.4 Å². The Morgan fingerprint density at radius 1 is 1.15 bits per heavy atom. The summed E-state index contributed by atoms with van der Waals surface area (Å²) in [6.45, 7) is 3.61. The molecule has 1 aromatic carbocycles. The molecule has 0 saturated carbocycles. The normalized spacial score (nSPS) is 16.2. The predicted molar refractivity (Wildman–Crippen MR) is 97.8 cm³/mol. The fraction of sp³-hybridized carbons (Fsp3) is 0.211. The van der Waals surface area contributed by atoms with E-state index >= 15 is 0 Å². The van der Waals surface area contributed by atoms with E-state index < -0.39 is 0 Å². The first-order chi connectivity index (χ1) is 12.6. The molecule has 0 radical (unpaired) electrons. The zero-order valence-corrected chi connectivity index (χ0v) is 14.2. The molecule has 0 amide bonds. The van der Waals surface area contributed by atoms with E-state index in [4.69, 9.17) is 4.98 Å². The summed E-state index contributed by atoms with van der Waals surface area (Å²) < 4.78 is 0. The number of hydrogen-bond acceptors (Lipinski definition) is 6. The average Bonchev–Trinajstić information content (AvgIpc) is 2.68. The average molecular weight is 347 g/mol. The number of hydrogen-bond donors (Lipinski definition) is 0. The van der Waals surface area contributed by atoms with Gasteiger partial charge in [-0.25, -0.2) is 9.97 Å². The minimum absolute atomic E-state index is 0.0996. The Morgan fingerprint density at radius 2 is 1.96 bits per heavy atom. The van der Waals surface area contributed by atoms with Crippen molar-refractivity contribution < 1.29 is 4.92 Å². The molecule has 1 atom stereocenters. The van der Waals surface area contributed by atoms with E-state index in [9.17, 15) is 10.1 Å². The van der Waals surface area contributed by atoms with Crippen molar-refractivity contribution in [1.82, 2.24) is 15.0 Å². The van der Waals surface area contributed by atoms with Crippen LogP contribution in [0, 0.1) is 10.1 Å². The SMILES string of the molecule is CC1CN(c2ccc([N+](=O)[O-])cc2)Cc2cnc(-c3ccccn3)nc21. The number of benzene rings is 1. The van der Waals surface area contributed by atoms with Gasteiger partial charge >= 0.3 is 0 Å². The van der Waals surface area contributed by atoms with Crippen LogP contribution in [0.4, 0.5) is 11.4 Å². The van der Waals surface area contributed by atoms with Gasteiger partial charge in [0, 0.05) is 54.8 Å². The van der Waals surface area contributed by atoms with Crippen LogP contribution in [-0.2, 0) is 6.54 Å². The molecule has 0 bridgehead atoms. The smallest absolute Gasteiger partial charge is 0.269 e. The summed E-state index contributed by atoms with van der Waals surface area (Å²) in [5.74, 6) is 0.861. The third kappa shape index (κ3) is 2.99.